The number of hydrogen-bond donors (Lipinski definition) is 3. The molecule has 3 atom stereocenters. The van der Waals surface area contributed by atoms with Gasteiger partial charge in [-0.3, -0.25) is 14.4 Å². The van der Waals surface area contributed by atoms with Crippen LogP contribution in [0.3, 0.4) is 0 Å². The van der Waals surface area contributed by atoms with E-state index >= 15 is 0 Å². The van der Waals surface area contributed by atoms with Gasteiger partial charge in [0, 0.05) is 24.5 Å². The Kier molecular flexibility index (Phi) is 7.41. The van der Waals surface area contributed by atoms with Gasteiger partial charge in [-0.1, -0.05) is 0 Å². The van der Waals surface area contributed by atoms with Crippen LogP contribution in [-0.4, -0.2) is 45.9 Å². The first kappa shape index (κ1) is 22.9. The maximum absolute atomic E-state index is 12.9. The summed E-state index contributed by atoms with van der Waals surface area (Å²) in [7, 11) is 0. The van der Waals surface area contributed by atoms with Crippen LogP contribution in [-0.2, 0) is 16.0 Å². The zero-order chi connectivity index (χ0) is 22.5. The highest BCUT2D eigenvalue weighted by atomic mass is 16.3. The summed E-state index contributed by atoms with van der Waals surface area (Å²) in [5, 5.41) is 29.6. The van der Waals surface area contributed by atoms with Crippen LogP contribution in [0.2, 0.25) is 0 Å². The number of hydrogen-bond acceptors (Lipinski definition) is 7. The first-order valence-electron chi connectivity index (χ1n) is 10.5. The lowest BCUT2D eigenvalue weighted by atomic mass is 9.72. The van der Waals surface area contributed by atoms with E-state index < -0.39 is 12.5 Å². The summed E-state index contributed by atoms with van der Waals surface area (Å²) in [6, 6.07) is 6.75. The lowest BCUT2D eigenvalue weighted by Gasteiger charge is -2.31. The molecule has 7 heteroatoms. The second-order valence-corrected chi connectivity index (χ2v) is 8.30. The number of rotatable bonds is 10. The van der Waals surface area contributed by atoms with Crippen molar-refractivity contribution < 1.29 is 34.1 Å². The Bertz CT molecular complexity index is 945. The van der Waals surface area contributed by atoms with Gasteiger partial charge in [0.15, 0.2) is 5.78 Å². The normalized spacial score (nSPS) is 17.8. The van der Waals surface area contributed by atoms with Crippen LogP contribution in [0.5, 0.6) is 5.75 Å². The summed E-state index contributed by atoms with van der Waals surface area (Å²) < 4.78 is 5.50. The first-order valence-corrected chi connectivity index (χ1v) is 10.5. The Labute approximate surface area is 180 Å². The van der Waals surface area contributed by atoms with Crippen LogP contribution in [0.1, 0.15) is 48.5 Å². The molecular formula is C24H28O7. The maximum atomic E-state index is 12.9. The van der Waals surface area contributed by atoms with Gasteiger partial charge in [-0.05, 0) is 67.9 Å². The van der Waals surface area contributed by atoms with Gasteiger partial charge in [0.05, 0.1) is 24.9 Å². The number of fused-ring (bicyclic) bond motifs is 1. The molecule has 7 nitrogen and oxygen atoms in total. The number of Topliss-reactive ketones (excluding diaryl/α,β-unsaturated/α-hetero) is 3. The van der Waals surface area contributed by atoms with Gasteiger partial charge in [-0.15, -0.1) is 0 Å². The molecule has 2 aromatic rings. The van der Waals surface area contributed by atoms with Crippen molar-refractivity contribution in [1.29, 1.82) is 0 Å². The molecule has 0 saturated heterocycles. The zero-order valence-corrected chi connectivity index (χ0v) is 17.5. The molecule has 1 aromatic carbocycles. The van der Waals surface area contributed by atoms with Gasteiger partial charge in [0.25, 0.3) is 0 Å². The number of benzene rings is 1. The minimum absolute atomic E-state index is 0.0643. The Morgan fingerprint density at radius 2 is 1.97 bits per heavy atom. The van der Waals surface area contributed by atoms with E-state index in [0.717, 1.165) is 5.56 Å². The molecular weight excluding hydrogens is 400 g/mol. The molecule has 0 bridgehead atoms. The number of aliphatic hydroxyl groups is 2. The van der Waals surface area contributed by atoms with Crippen molar-refractivity contribution in [3.63, 3.8) is 0 Å². The molecule has 0 spiro atoms. The van der Waals surface area contributed by atoms with Crippen molar-refractivity contribution in [2.45, 2.75) is 39.0 Å². The quantitative estimate of drug-likeness (QED) is 0.497. The van der Waals surface area contributed by atoms with E-state index in [2.05, 4.69) is 0 Å². The summed E-state index contributed by atoms with van der Waals surface area (Å²) in [5.74, 6) is -1.52. The van der Waals surface area contributed by atoms with E-state index in [0.29, 0.717) is 29.7 Å². The first-order chi connectivity index (χ1) is 14.8. The third kappa shape index (κ3) is 5.11. The standard InChI is InChI=1S/C24H28O7/c1-14(27)9-21(29)19(13-26)16(6-7-25)10-15-11-18-17(23-3-2-8-31-23)4-5-20(28)24(18)22(30)12-15/h2-5,8,15-16,19,25-26,28H,6-7,9-13H2,1H3. The Balaban J connectivity index is 1.88. The highest BCUT2D eigenvalue weighted by Gasteiger charge is 2.35. The number of carbonyl (C=O) groups excluding carboxylic acids is 3. The van der Waals surface area contributed by atoms with Crippen LogP contribution >= 0.6 is 0 Å². The molecule has 0 fully saturated rings. The summed E-state index contributed by atoms with van der Waals surface area (Å²) in [5.41, 5.74) is 1.74. The number of phenols is 1. The van der Waals surface area contributed by atoms with Crippen molar-refractivity contribution in [1.82, 2.24) is 0 Å². The summed E-state index contributed by atoms with van der Waals surface area (Å²) >= 11 is 0. The molecule has 3 rings (SSSR count). The fourth-order valence-electron chi connectivity index (χ4n) is 4.68. The minimum atomic E-state index is -0.763. The molecule has 0 amide bonds. The lowest BCUT2D eigenvalue weighted by molar-refractivity contribution is -0.131. The third-order valence-electron chi connectivity index (χ3n) is 6.06. The molecule has 1 aliphatic carbocycles. The SMILES string of the molecule is CC(=O)CC(=O)C(CO)C(CCO)CC1CC(=O)c2c(O)ccc(-c3ccco3)c2C1. The Hall–Kier alpha value is -2.77. The number of phenolic OH excluding ortho intramolecular Hbond substituents is 1. The van der Waals surface area contributed by atoms with Crippen molar-refractivity contribution in [3.05, 3.63) is 41.7 Å². The molecule has 0 aliphatic heterocycles. The molecule has 1 aromatic heterocycles. The molecule has 3 unspecified atom stereocenters. The zero-order valence-electron chi connectivity index (χ0n) is 17.5. The van der Waals surface area contributed by atoms with Crippen molar-refractivity contribution >= 4 is 17.3 Å². The van der Waals surface area contributed by atoms with Gasteiger partial charge in [-0.2, -0.15) is 0 Å². The number of ketones is 3. The second-order valence-electron chi connectivity index (χ2n) is 8.30. The van der Waals surface area contributed by atoms with E-state index in [1.807, 2.05) is 0 Å². The lowest BCUT2D eigenvalue weighted by Crippen LogP contribution is -2.32. The van der Waals surface area contributed by atoms with Crippen LogP contribution in [0.25, 0.3) is 11.3 Å². The average molecular weight is 428 g/mol. The smallest absolute Gasteiger partial charge is 0.167 e. The Morgan fingerprint density at radius 3 is 2.58 bits per heavy atom. The van der Waals surface area contributed by atoms with Gasteiger partial charge < -0.3 is 19.7 Å². The summed E-state index contributed by atoms with van der Waals surface area (Å²) in [4.78, 5) is 36.8. The van der Waals surface area contributed by atoms with Crippen LogP contribution in [0.4, 0.5) is 0 Å². The molecule has 166 valence electrons. The summed E-state index contributed by atoms with van der Waals surface area (Å²) in [6.07, 6.45) is 2.71. The van der Waals surface area contributed by atoms with Crippen molar-refractivity contribution in [2.75, 3.05) is 13.2 Å². The van der Waals surface area contributed by atoms with Gasteiger partial charge in [0.2, 0.25) is 0 Å². The van der Waals surface area contributed by atoms with Crippen molar-refractivity contribution in [3.8, 4) is 17.1 Å². The molecule has 31 heavy (non-hydrogen) atoms. The largest absolute Gasteiger partial charge is 0.507 e. The van der Waals surface area contributed by atoms with Gasteiger partial charge in [-0.25, -0.2) is 0 Å². The molecule has 1 aliphatic rings. The third-order valence-corrected chi connectivity index (χ3v) is 6.06. The molecule has 1 heterocycles. The van der Waals surface area contributed by atoms with E-state index in [9.17, 15) is 29.7 Å². The number of furan rings is 1. The topological polar surface area (TPSA) is 125 Å². The van der Waals surface area contributed by atoms with Crippen LogP contribution < -0.4 is 0 Å². The number of aliphatic hydroxyl groups excluding tert-OH is 2. The fraction of sp³-hybridized carbons (Fsp3) is 0.458. The van der Waals surface area contributed by atoms with E-state index in [-0.39, 0.29) is 60.8 Å². The average Bonchev–Trinajstić information content (AvgIpc) is 3.22. The molecule has 0 saturated carbocycles. The number of aromatic hydroxyl groups is 1. The van der Waals surface area contributed by atoms with Crippen LogP contribution in [0.15, 0.2) is 34.9 Å². The highest BCUT2D eigenvalue weighted by molar-refractivity contribution is 6.03. The fourth-order valence-corrected chi connectivity index (χ4v) is 4.68. The minimum Gasteiger partial charge on any atom is -0.507 e. The highest BCUT2D eigenvalue weighted by Crippen LogP contribution is 2.41. The van der Waals surface area contributed by atoms with E-state index in [4.69, 9.17) is 4.42 Å². The van der Waals surface area contributed by atoms with Gasteiger partial charge in [0.1, 0.15) is 23.1 Å². The van der Waals surface area contributed by atoms with Gasteiger partial charge >= 0.3 is 0 Å². The monoisotopic (exact) mass is 428 g/mol. The summed E-state index contributed by atoms with van der Waals surface area (Å²) in [6.45, 7) is 0.753. The van der Waals surface area contributed by atoms with E-state index in [1.54, 1.807) is 24.5 Å². The molecule has 3 N–H and O–H groups in total. The predicted molar refractivity (Wildman–Crippen MR) is 113 cm³/mol. The number of carbonyl (C=O) groups is 3. The maximum Gasteiger partial charge on any atom is 0.167 e. The van der Waals surface area contributed by atoms with E-state index in [1.165, 1.54) is 13.0 Å². The van der Waals surface area contributed by atoms with Crippen molar-refractivity contribution in [2.24, 2.45) is 17.8 Å². The van der Waals surface area contributed by atoms with Crippen LogP contribution in [0, 0.1) is 17.8 Å². The second kappa shape index (κ2) is 10.0. The molecule has 0 radical (unpaired) electrons. The Morgan fingerprint density at radius 1 is 1.19 bits per heavy atom. The predicted octanol–water partition coefficient (Wildman–Crippen LogP) is 2.94.